The van der Waals surface area contributed by atoms with E-state index in [1.165, 1.54) is 20.3 Å². The van der Waals surface area contributed by atoms with Crippen LogP contribution in [-0.2, 0) is 28.5 Å². The van der Waals surface area contributed by atoms with E-state index in [1.54, 1.807) is 19.1 Å². The summed E-state index contributed by atoms with van der Waals surface area (Å²) >= 11 is 0. The molecule has 0 bridgehead atoms. The predicted octanol–water partition coefficient (Wildman–Crippen LogP) is 1.76. The monoisotopic (exact) mass is 310 g/mol. The lowest BCUT2D eigenvalue weighted by molar-refractivity contribution is -0.168. The molecule has 0 saturated carbocycles. The van der Waals surface area contributed by atoms with E-state index in [1.807, 2.05) is 0 Å². The van der Waals surface area contributed by atoms with Crippen LogP contribution in [0.4, 0.5) is 0 Å². The average molecular weight is 310 g/mol. The highest BCUT2D eigenvalue weighted by Gasteiger charge is 2.46. The Bertz CT molecular complexity index is 465. The first-order valence-electron chi connectivity index (χ1n) is 6.92. The zero-order valence-corrected chi connectivity index (χ0v) is 13.2. The number of hydrogen-bond acceptors (Lipinski definition) is 6. The van der Waals surface area contributed by atoms with Crippen LogP contribution in [0.5, 0.6) is 0 Å². The number of ether oxygens (including phenoxy) is 4. The van der Waals surface area contributed by atoms with Crippen LogP contribution in [-0.4, -0.2) is 45.2 Å². The molecule has 0 unspecified atom stereocenters. The van der Waals surface area contributed by atoms with Crippen LogP contribution in [0.25, 0.3) is 0 Å². The summed E-state index contributed by atoms with van der Waals surface area (Å²) in [5.41, 5.74) is 1.44. The third-order valence-corrected chi connectivity index (χ3v) is 3.42. The molecule has 0 radical (unpaired) electrons. The van der Waals surface area contributed by atoms with E-state index in [2.05, 4.69) is 12.3 Å². The molecule has 0 atom stereocenters. The van der Waals surface area contributed by atoms with Gasteiger partial charge in [-0.15, -0.1) is 12.3 Å². The molecule has 0 aromatic rings. The molecule has 122 valence electrons. The Hall–Kier alpha value is -1.88. The van der Waals surface area contributed by atoms with Gasteiger partial charge in [-0.1, -0.05) is 6.08 Å². The van der Waals surface area contributed by atoms with E-state index in [4.69, 9.17) is 18.9 Å². The minimum Gasteiger partial charge on any atom is -0.468 e. The van der Waals surface area contributed by atoms with Gasteiger partial charge in [0.1, 0.15) is 0 Å². The minimum atomic E-state index is -1.45. The lowest BCUT2D eigenvalue weighted by Crippen LogP contribution is -2.40. The summed E-state index contributed by atoms with van der Waals surface area (Å²) in [7, 11) is 2.45. The van der Waals surface area contributed by atoms with Gasteiger partial charge >= 0.3 is 11.9 Å². The summed E-state index contributed by atoms with van der Waals surface area (Å²) in [5.74, 6) is -2.16. The molecule has 1 aliphatic heterocycles. The van der Waals surface area contributed by atoms with Gasteiger partial charge in [-0.05, 0) is 25.8 Å². The Morgan fingerprint density at radius 1 is 1.23 bits per heavy atom. The number of esters is 2. The second-order valence-electron chi connectivity index (χ2n) is 4.99. The first-order chi connectivity index (χ1) is 10.4. The smallest absolute Gasteiger partial charge is 0.323 e. The molecule has 1 fully saturated rings. The average Bonchev–Trinajstić information content (AvgIpc) is 2.95. The Kier molecular flexibility index (Phi) is 6.56. The Labute approximate surface area is 130 Å². The van der Waals surface area contributed by atoms with Gasteiger partial charge in [-0.3, -0.25) is 9.59 Å². The number of carbonyl (C=O) groups excluding carboxylic acids is 2. The lowest BCUT2D eigenvalue weighted by Gasteiger charge is -2.25. The van der Waals surface area contributed by atoms with Crippen molar-refractivity contribution in [1.82, 2.24) is 0 Å². The molecule has 0 spiro atoms. The van der Waals surface area contributed by atoms with Crippen molar-refractivity contribution in [3.63, 3.8) is 0 Å². The topological polar surface area (TPSA) is 71.1 Å². The van der Waals surface area contributed by atoms with Gasteiger partial charge in [-0.25, -0.2) is 0 Å². The van der Waals surface area contributed by atoms with Crippen molar-refractivity contribution in [3.05, 3.63) is 30.5 Å². The molecule has 1 heterocycles. The third-order valence-electron chi connectivity index (χ3n) is 3.42. The van der Waals surface area contributed by atoms with E-state index < -0.39 is 23.1 Å². The van der Waals surface area contributed by atoms with Crippen LogP contribution in [0.3, 0.4) is 0 Å². The predicted molar refractivity (Wildman–Crippen MR) is 78.9 cm³/mol. The van der Waals surface area contributed by atoms with Gasteiger partial charge in [0.15, 0.2) is 11.2 Å². The standard InChI is InChI=1S/C16H22O6/c1-5-8-16(13(17)19-3,14(18)20-4)10-7-6-9-15(2)21-11-12-22-15/h5,7,9H,1,8,10-12H2,2-4H3. The molecule has 1 aliphatic rings. The van der Waals surface area contributed by atoms with E-state index in [9.17, 15) is 9.59 Å². The summed E-state index contributed by atoms with van der Waals surface area (Å²) in [5, 5.41) is 0. The van der Waals surface area contributed by atoms with E-state index in [-0.39, 0.29) is 12.8 Å². The molecule has 1 saturated heterocycles. The fraction of sp³-hybridized carbons (Fsp3) is 0.562. The summed E-state index contributed by atoms with van der Waals surface area (Å²) in [6.07, 6.45) is 4.83. The van der Waals surface area contributed by atoms with Gasteiger partial charge in [-0.2, -0.15) is 0 Å². The van der Waals surface area contributed by atoms with Gasteiger partial charge in [0.25, 0.3) is 0 Å². The number of carbonyl (C=O) groups is 2. The lowest BCUT2D eigenvalue weighted by atomic mass is 9.81. The molecule has 0 N–H and O–H groups in total. The van der Waals surface area contributed by atoms with Crippen LogP contribution >= 0.6 is 0 Å². The summed E-state index contributed by atoms with van der Waals surface area (Å²) in [6, 6.07) is 0. The van der Waals surface area contributed by atoms with Crippen molar-refractivity contribution in [3.8, 4) is 0 Å². The van der Waals surface area contributed by atoms with E-state index >= 15 is 0 Å². The van der Waals surface area contributed by atoms with Crippen LogP contribution in [0.1, 0.15) is 19.8 Å². The number of allylic oxidation sites excluding steroid dienone is 1. The molecule has 6 heteroatoms. The quantitative estimate of drug-likeness (QED) is 0.309. The number of rotatable bonds is 7. The molecule has 22 heavy (non-hydrogen) atoms. The molecule has 1 rings (SSSR count). The second kappa shape index (κ2) is 7.94. The first kappa shape index (κ1) is 18.2. The SMILES string of the molecule is C=CCC(CC=C=CC1(C)OCCO1)(C(=O)OC)C(=O)OC. The maximum Gasteiger partial charge on any atom is 0.323 e. The van der Waals surface area contributed by atoms with Crippen molar-refractivity contribution in [2.45, 2.75) is 25.6 Å². The van der Waals surface area contributed by atoms with Crippen molar-refractivity contribution in [1.29, 1.82) is 0 Å². The number of methoxy groups -OCH3 is 2. The fourth-order valence-corrected chi connectivity index (χ4v) is 2.19. The highest BCUT2D eigenvalue weighted by molar-refractivity contribution is 6.00. The van der Waals surface area contributed by atoms with Gasteiger partial charge in [0, 0.05) is 6.08 Å². The maximum absolute atomic E-state index is 12.1. The molecule has 6 nitrogen and oxygen atoms in total. The largest absolute Gasteiger partial charge is 0.468 e. The van der Waals surface area contributed by atoms with Crippen LogP contribution in [0, 0.1) is 5.41 Å². The first-order valence-corrected chi connectivity index (χ1v) is 6.92. The van der Waals surface area contributed by atoms with E-state index in [0.29, 0.717) is 13.2 Å². The summed E-state index contributed by atoms with van der Waals surface area (Å²) < 4.78 is 20.3. The van der Waals surface area contributed by atoms with Crippen molar-refractivity contribution in [2.75, 3.05) is 27.4 Å². The van der Waals surface area contributed by atoms with Crippen molar-refractivity contribution >= 4 is 11.9 Å². The Balaban J connectivity index is 2.97. The molecular weight excluding hydrogens is 288 g/mol. The van der Waals surface area contributed by atoms with Gasteiger partial charge in [0.2, 0.25) is 0 Å². The normalized spacial score (nSPS) is 16.3. The fourth-order valence-electron chi connectivity index (χ4n) is 2.19. The molecule has 0 amide bonds. The maximum atomic E-state index is 12.1. The highest BCUT2D eigenvalue weighted by Crippen LogP contribution is 2.31. The molecular formula is C16H22O6. The zero-order chi connectivity index (χ0) is 16.6. The Morgan fingerprint density at radius 2 is 1.77 bits per heavy atom. The summed E-state index contributed by atoms with van der Waals surface area (Å²) in [6.45, 7) is 6.37. The van der Waals surface area contributed by atoms with Crippen LogP contribution in [0.2, 0.25) is 0 Å². The highest BCUT2D eigenvalue weighted by atomic mass is 16.7. The second-order valence-corrected chi connectivity index (χ2v) is 4.99. The molecule has 0 aromatic heterocycles. The Morgan fingerprint density at radius 3 is 2.23 bits per heavy atom. The van der Waals surface area contributed by atoms with Gasteiger partial charge in [0.05, 0.1) is 27.4 Å². The summed E-state index contributed by atoms with van der Waals surface area (Å²) in [4.78, 5) is 24.1. The van der Waals surface area contributed by atoms with Crippen molar-refractivity contribution < 1.29 is 28.5 Å². The molecule has 0 aromatic carbocycles. The van der Waals surface area contributed by atoms with Crippen LogP contribution < -0.4 is 0 Å². The third kappa shape index (κ3) is 4.07. The zero-order valence-electron chi connectivity index (χ0n) is 13.2. The van der Waals surface area contributed by atoms with Crippen molar-refractivity contribution in [2.24, 2.45) is 5.41 Å². The van der Waals surface area contributed by atoms with E-state index in [0.717, 1.165) is 0 Å². The molecule has 0 aliphatic carbocycles. The van der Waals surface area contributed by atoms with Crippen LogP contribution in [0.15, 0.2) is 30.5 Å². The minimum absolute atomic E-state index is 0.0744. The van der Waals surface area contributed by atoms with Gasteiger partial charge < -0.3 is 18.9 Å². The number of hydrogen-bond donors (Lipinski definition) is 0.